The van der Waals surface area contributed by atoms with Gasteiger partial charge < -0.3 is 15.5 Å². The summed E-state index contributed by atoms with van der Waals surface area (Å²) in [7, 11) is -1.72. The quantitative estimate of drug-likeness (QED) is 0.379. The van der Waals surface area contributed by atoms with Crippen molar-refractivity contribution in [2.24, 2.45) is 18.9 Å². The number of carbonyl (C=O) groups excluding carboxylic acids is 1. The maximum atomic E-state index is 13.4. The van der Waals surface area contributed by atoms with Crippen LogP contribution >= 0.6 is 0 Å². The smallest absolute Gasteiger partial charge is 0.319 e. The lowest BCUT2D eigenvalue weighted by Crippen LogP contribution is -2.58. The van der Waals surface area contributed by atoms with Gasteiger partial charge in [-0.05, 0) is 98.2 Å². The van der Waals surface area contributed by atoms with Crippen molar-refractivity contribution in [3.63, 3.8) is 0 Å². The van der Waals surface area contributed by atoms with Gasteiger partial charge in [0.1, 0.15) is 5.82 Å². The highest BCUT2D eigenvalue weighted by atomic mass is 32.2. The highest BCUT2D eigenvalue weighted by molar-refractivity contribution is 7.89. The lowest BCUT2D eigenvalue weighted by atomic mass is 9.88. The second-order valence-electron chi connectivity index (χ2n) is 12.0. The van der Waals surface area contributed by atoms with Gasteiger partial charge in [-0.2, -0.15) is 4.31 Å². The van der Waals surface area contributed by atoms with Crippen LogP contribution < -0.4 is 10.6 Å². The zero-order valence-corrected chi connectivity index (χ0v) is 25.8. The second-order valence-corrected chi connectivity index (χ2v) is 14.5. The van der Waals surface area contributed by atoms with Gasteiger partial charge in [-0.15, -0.1) is 5.10 Å². The van der Waals surface area contributed by atoms with Crippen molar-refractivity contribution in [2.75, 3.05) is 38.0 Å². The van der Waals surface area contributed by atoms with Crippen LogP contribution in [0, 0.1) is 17.7 Å². The molecule has 0 aliphatic carbocycles. The molecule has 3 aromatic rings. The van der Waals surface area contributed by atoms with Crippen molar-refractivity contribution < 1.29 is 17.6 Å². The summed E-state index contributed by atoms with van der Waals surface area (Å²) in [6.07, 6.45) is 3.75. The molecule has 0 radical (unpaired) electrons. The number of halogens is 1. The fourth-order valence-electron chi connectivity index (χ4n) is 6.20. The van der Waals surface area contributed by atoms with Gasteiger partial charge in [0, 0.05) is 50.5 Å². The molecule has 2 aliphatic rings. The van der Waals surface area contributed by atoms with Gasteiger partial charge in [-0.1, -0.05) is 24.3 Å². The summed E-state index contributed by atoms with van der Waals surface area (Å²) in [5.41, 5.74) is 2.48. The van der Waals surface area contributed by atoms with Crippen molar-refractivity contribution in [1.29, 1.82) is 0 Å². The van der Waals surface area contributed by atoms with Crippen LogP contribution in [0.3, 0.4) is 0 Å². The van der Waals surface area contributed by atoms with E-state index in [-0.39, 0.29) is 30.4 Å². The molecule has 0 spiro atoms. The summed E-state index contributed by atoms with van der Waals surface area (Å²) in [6.45, 7) is 6.70. The molecule has 2 saturated heterocycles. The summed E-state index contributed by atoms with van der Waals surface area (Å²) < 4.78 is 42.6. The number of rotatable bonds is 9. The number of anilines is 1. The van der Waals surface area contributed by atoms with Crippen LogP contribution in [0.5, 0.6) is 0 Å². The number of sulfonamides is 1. The number of aryl methyl sites for hydroxylation is 1. The van der Waals surface area contributed by atoms with Crippen molar-refractivity contribution >= 4 is 21.7 Å². The van der Waals surface area contributed by atoms with Gasteiger partial charge in [-0.3, -0.25) is 0 Å². The van der Waals surface area contributed by atoms with E-state index in [1.165, 1.54) is 16.4 Å². The standard InChI is InChI=1S/C30H41FN8O3S/c1-21(2)43(41,42)39-15-13-25(19-38-14-5-6-23(18-38)16-22-9-11-26(31)12-10-22)28(20-39)33-30(40)32-27-8-4-7-24(17-27)29-34-35-36-37(29)3/h4,7-12,17,21,23,25,28H,5-6,13-16,18-20H2,1-3H3,(H2,32,33,40)/t23?,25-,28-/m0/s1. The van der Waals surface area contributed by atoms with Gasteiger partial charge in [0.05, 0.1) is 5.25 Å². The van der Waals surface area contributed by atoms with Crippen molar-refractivity contribution in [2.45, 2.75) is 50.8 Å². The van der Waals surface area contributed by atoms with Gasteiger partial charge in [0.2, 0.25) is 10.0 Å². The minimum atomic E-state index is -3.47. The molecular formula is C30H41FN8O3S. The van der Waals surface area contributed by atoms with E-state index in [0.29, 0.717) is 30.4 Å². The van der Waals surface area contributed by atoms with Gasteiger partial charge in [0.25, 0.3) is 0 Å². The third-order valence-electron chi connectivity index (χ3n) is 8.52. The van der Waals surface area contributed by atoms with Crippen molar-refractivity contribution in [1.82, 2.24) is 34.7 Å². The maximum absolute atomic E-state index is 13.4. The fraction of sp³-hybridized carbons (Fsp3) is 0.533. The first kappa shape index (κ1) is 31.0. The molecule has 5 rings (SSSR count). The largest absolute Gasteiger partial charge is 0.333 e. The van der Waals surface area contributed by atoms with E-state index in [9.17, 15) is 17.6 Å². The molecule has 2 fully saturated rings. The Morgan fingerprint density at radius 2 is 1.88 bits per heavy atom. The Kier molecular flexibility index (Phi) is 9.72. The molecule has 3 atom stereocenters. The van der Waals surface area contributed by atoms with E-state index in [2.05, 4.69) is 31.1 Å². The number of urea groups is 1. The number of nitrogens with one attached hydrogen (secondary N) is 2. The van der Waals surface area contributed by atoms with Gasteiger partial charge in [-0.25, -0.2) is 22.3 Å². The molecule has 1 aromatic heterocycles. The topological polar surface area (TPSA) is 125 Å². The fourth-order valence-corrected chi connectivity index (χ4v) is 7.52. The Labute approximate surface area is 252 Å². The summed E-state index contributed by atoms with van der Waals surface area (Å²) in [4.78, 5) is 15.7. The lowest BCUT2D eigenvalue weighted by molar-refractivity contribution is 0.112. The molecule has 2 aromatic carbocycles. The Morgan fingerprint density at radius 3 is 2.60 bits per heavy atom. The van der Waals surface area contributed by atoms with E-state index < -0.39 is 15.3 Å². The van der Waals surface area contributed by atoms with Crippen LogP contribution in [0.4, 0.5) is 14.9 Å². The summed E-state index contributed by atoms with van der Waals surface area (Å²) in [5, 5.41) is 17.1. The molecule has 232 valence electrons. The first-order valence-electron chi connectivity index (χ1n) is 14.9. The first-order valence-corrected chi connectivity index (χ1v) is 16.4. The number of benzene rings is 2. The van der Waals surface area contributed by atoms with E-state index >= 15 is 0 Å². The monoisotopic (exact) mass is 612 g/mol. The molecule has 2 aliphatic heterocycles. The van der Waals surface area contributed by atoms with Crippen molar-refractivity contribution in [3.8, 4) is 11.4 Å². The average Bonchev–Trinajstić information content (AvgIpc) is 3.41. The highest BCUT2D eigenvalue weighted by Gasteiger charge is 2.38. The van der Waals surface area contributed by atoms with Crippen LogP contribution in [0.25, 0.3) is 11.4 Å². The number of nitrogens with zero attached hydrogens (tertiary/aromatic N) is 6. The predicted molar refractivity (Wildman–Crippen MR) is 163 cm³/mol. The molecule has 0 saturated carbocycles. The number of hydrogen-bond acceptors (Lipinski definition) is 7. The molecular weight excluding hydrogens is 571 g/mol. The van der Waals surface area contributed by atoms with Crippen LogP contribution in [0.1, 0.15) is 38.7 Å². The lowest BCUT2D eigenvalue weighted by Gasteiger charge is -2.42. The van der Waals surface area contributed by atoms with Crippen LogP contribution in [0.15, 0.2) is 48.5 Å². The number of likely N-dealkylation sites (tertiary alicyclic amines) is 1. The minimum Gasteiger partial charge on any atom is -0.333 e. The number of piperidine rings is 2. The van der Waals surface area contributed by atoms with E-state index in [1.807, 2.05) is 24.3 Å². The molecule has 11 nitrogen and oxygen atoms in total. The van der Waals surface area contributed by atoms with Gasteiger partial charge >= 0.3 is 6.03 Å². The molecule has 43 heavy (non-hydrogen) atoms. The molecule has 0 bridgehead atoms. The SMILES string of the molecule is CC(C)S(=O)(=O)N1CC[C@@H](CN2CCCC(Cc3ccc(F)cc3)C2)[C@@H](NC(=O)Nc2cccc(-c3nnnn3C)c2)C1. The Morgan fingerprint density at radius 1 is 1.09 bits per heavy atom. The second kappa shape index (κ2) is 13.5. The first-order chi connectivity index (χ1) is 20.6. The van der Waals surface area contributed by atoms with E-state index in [1.54, 1.807) is 37.7 Å². The zero-order chi connectivity index (χ0) is 30.6. The van der Waals surface area contributed by atoms with Crippen LogP contribution in [0.2, 0.25) is 0 Å². The molecule has 13 heteroatoms. The maximum Gasteiger partial charge on any atom is 0.319 e. The Bertz CT molecular complexity index is 1500. The Hall–Kier alpha value is -3.42. The third-order valence-corrected chi connectivity index (χ3v) is 10.8. The average molecular weight is 613 g/mol. The third kappa shape index (κ3) is 7.76. The number of carbonyl (C=O) groups is 1. The highest BCUT2D eigenvalue weighted by Crippen LogP contribution is 2.27. The number of amides is 2. The number of hydrogen-bond donors (Lipinski definition) is 2. The van der Waals surface area contributed by atoms with Crippen molar-refractivity contribution in [3.05, 3.63) is 59.9 Å². The Balaban J connectivity index is 1.26. The zero-order valence-electron chi connectivity index (χ0n) is 25.0. The molecule has 2 N–H and O–H groups in total. The van der Waals surface area contributed by atoms with E-state index in [4.69, 9.17) is 0 Å². The molecule has 1 unspecified atom stereocenters. The minimum absolute atomic E-state index is 0.0879. The van der Waals surface area contributed by atoms with Gasteiger partial charge in [0.15, 0.2) is 5.82 Å². The van der Waals surface area contributed by atoms with Crippen LogP contribution in [-0.4, -0.2) is 87.9 Å². The normalized spacial score (nSPS) is 22.0. The summed E-state index contributed by atoms with van der Waals surface area (Å²) >= 11 is 0. The summed E-state index contributed by atoms with van der Waals surface area (Å²) in [5.74, 6) is 0.903. The molecule has 3 heterocycles. The van der Waals surface area contributed by atoms with Crippen LogP contribution in [-0.2, 0) is 23.5 Å². The van der Waals surface area contributed by atoms with E-state index in [0.717, 1.165) is 50.0 Å². The summed E-state index contributed by atoms with van der Waals surface area (Å²) in [6, 6.07) is 13.3. The number of aromatic nitrogens is 4. The predicted octanol–water partition coefficient (Wildman–Crippen LogP) is 3.52. The number of tetrazole rings is 1. The molecule has 2 amide bonds.